The second-order valence-electron chi connectivity index (χ2n) is 4.77. The van der Waals surface area contributed by atoms with Crippen molar-refractivity contribution in [2.75, 3.05) is 18.5 Å². The standard InChI is InChI=1S/C16H15Cl2FN2O2/c1-10-8-11(17)2-5-15(10)23-7-6-20-16(22)21-12-3-4-14(19)13(18)9-12/h2-5,8-9H,6-7H2,1H3,(H2,20,21,22). The van der Waals surface area contributed by atoms with E-state index in [0.717, 1.165) is 5.56 Å². The van der Waals surface area contributed by atoms with E-state index >= 15 is 0 Å². The highest BCUT2D eigenvalue weighted by Gasteiger charge is 2.05. The third-order valence-corrected chi connectivity index (χ3v) is 3.48. The van der Waals surface area contributed by atoms with Crippen molar-refractivity contribution in [2.45, 2.75) is 6.92 Å². The molecule has 7 heteroatoms. The van der Waals surface area contributed by atoms with Crippen LogP contribution in [-0.4, -0.2) is 19.2 Å². The smallest absolute Gasteiger partial charge is 0.319 e. The van der Waals surface area contributed by atoms with Crippen LogP contribution in [0.2, 0.25) is 10.0 Å². The molecule has 0 saturated heterocycles. The van der Waals surface area contributed by atoms with E-state index < -0.39 is 11.8 Å². The van der Waals surface area contributed by atoms with Gasteiger partial charge in [-0.2, -0.15) is 0 Å². The van der Waals surface area contributed by atoms with Gasteiger partial charge >= 0.3 is 6.03 Å². The number of hydrogen-bond donors (Lipinski definition) is 2. The minimum absolute atomic E-state index is 0.0515. The molecular formula is C16H15Cl2FN2O2. The Labute approximate surface area is 143 Å². The molecule has 0 atom stereocenters. The summed E-state index contributed by atoms with van der Waals surface area (Å²) in [7, 11) is 0. The van der Waals surface area contributed by atoms with E-state index in [1.54, 1.807) is 18.2 Å². The summed E-state index contributed by atoms with van der Waals surface area (Å²) >= 11 is 11.5. The van der Waals surface area contributed by atoms with Gasteiger partial charge in [0.2, 0.25) is 0 Å². The van der Waals surface area contributed by atoms with Gasteiger partial charge in [0.1, 0.15) is 18.2 Å². The van der Waals surface area contributed by atoms with Gasteiger partial charge in [0.15, 0.2) is 0 Å². The van der Waals surface area contributed by atoms with Gasteiger partial charge in [0.25, 0.3) is 0 Å². The number of ether oxygens (including phenoxy) is 1. The Morgan fingerprint density at radius 3 is 2.70 bits per heavy atom. The summed E-state index contributed by atoms with van der Waals surface area (Å²) in [5, 5.41) is 5.77. The van der Waals surface area contributed by atoms with Crippen LogP contribution in [0, 0.1) is 12.7 Å². The number of nitrogens with one attached hydrogen (secondary N) is 2. The summed E-state index contributed by atoms with van der Waals surface area (Å²) in [5.74, 6) is 0.172. The summed E-state index contributed by atoms with van der Waals surface area (Å²) < 4.78 is 18.6. The van der Waals surface area contributed by atoms with Gasteiger partial charge in [0.05, 0.1) is 11.6 Å². The molecule has 2 rings (SSSR count). The first kappa shape index (κ1) is 17.4. The van der Waals surface area contributed by atoms with Crippen LogP contribution in [0.5, 0.6) is 5.75 Å². The van der Waals surface area contributed by atoms with Gasteiger partial charge in [-0.25, -0.2) is 9.18 Å². The third-order valence-electron chi connectivity index (χ3n) is 2.96. The zero-order chi connectivity index (χ0) is 16.8. The first-order valence-electron chi connectivity index (χ1n) is 6.84. The molecule has 0 heterocycles. The summed E-state index contributed by atoms with van der Waals surface area (Å²) in [6.07, 6.45) is 0. The number of carbonyl (C=O) groups is 1. The lowest BCUT2D eigenvalue weighted by atomic mass is 10.2. The average Bonchev–Trinajstić information content (AvgIpc) is 2.49. The molecule has 0 aliphatic carbocycles. The lowest BCUT2D eigenvalue weighted by Crippen LogP contribution is -2.32. The van der Waals surface area contributed by atoms with E-state index in [1.807, 2.05) is 6.92 Å². The van der Waals surface area contributed by atoms with Crippen molar-refractivity contribution < 1.29 is 13.9 Å². The maximum absolute atomic E-state index is 13.0. The van der Waals surface area contributed by atoms with Crippen LogP contribution in [0.25, 0.3) is 0 Å². The number of urea groups is 1. The lowest BCUT2D eigenvalue weighted by molar-refractivity contribution is 0.247. The number of rotatable bonds is 5. The van der Waals surface area contributed by atoms with Gasteiger partial charge in [0, 0.05) is 10.7 Å². The highest BCUT2D eigenvalue weighted by atomic mass is 35.5. The number of hydrogen-bond acceptors (Lipinski definition) is 2. The van der Waals surface area contributed by atoms with Crippen molar-refractivity contribution in [1.82, 2.24) is 5.32 Å². The van der Waals surface area contributed by atoms with E-state index in [4.69, 9.17) is 27.9 Å². The van der Waals surface area contributed by atoms with Crippen molar-refractivity contribution >= 4 is 34.9 Å². The first-order chi connectivity index (χ1) is 11.0. The highest BCUT2D eigenvalue weighted by molar-refractivity contribution is 6.31. The zero-order valence-corrected chi connectivity index (χ0v) is 13.8. The Bertz CT molecular complexity index is 710. The molecule has 0 fully saturated rings. The molecular weight excluding hydrogens is 342 g/mol. The van der Waals surface area contributed by atoms with Crippen molar-refractivity contribution in [1.29, 1.82) is 0 Å². The van der Waals surface area contributed by atoms with Crippen LogP contribution in [-0.2, 0) is 0 Å². The van der Waals surface area contributed by atoms with Crippen molar-refractivity contribution in [3.8, 4) is 5.75 Å². The van der Waals surface area contributed by atoms with Gasteiger partial charge < -0.3 is 15.4 Å². The molecule has 0 saturated carbocycles. The van der Waals surface area contributed by atoms with Crippen LogP contribution in [0.3, 0.4) is 0 Å². The number of anilines is 1. The Hall–Kier alpha value is -1.98. The van der Waals surface area contributed by atoms with Gasteiger partial charge in [-0.05, 0) is 48.9 Å². The number of benzene rings is 2. The maximum atomic E-state index is 13.0. The molecule has 0 bridgehead atoms. The van der Waals surface area contributed by atoms with Crippen LogP contribution >= 0.6 is 23.2 Å². The highest BCUT2D eigenvalue weighted by Crippen LogP contribution is 2.21. The fraction of sp³-hybridized carbons (Fsp3) is 0.188. The Balaban J connectivity index is 1.75. The Kier molecular flexibility index (Phi) is 6.07. The monoisotopic (exact) mass is 356 g/mol. The fourth-order valence-electron chi connectivity index (χ4n) is 1.85. The summed E-state index contributed by atoms with van der Waals surface area (Å²) in [6.45, 7) is 2.50. The first-order valence-corrected chi connectivity index (χ1v) is 7.60. The SMILES string of the molecule is Cc1cc(Cl)ccc1OCCNC(=O)Nc1ccc(F)c(Cl)c1. The van der Waals surface area contributed by atoms with Gasteiger partial charge in [-0.3, -0.25) is 0 Å². The molecule has 122 valence electrons. The quantitative estimate of drug-likeness (QED) is 0.766. The molecule has 0 aliphatic rings. The molecule has 4 nitrogen and oxygen atoms in total. The Morgan fingerprint density at radius 1 is 1.22 bits per heavy atom. The van der Waals surface area contributed by atoms with Crippen LogP contribution in [0.4, 0.5) is 14.9 Å². The average molecular weight is 357 g/mol. The van der Waals surface area contributed by atoms with Crippen molar-refractivity contribution in [3.05, 3.63) is 57.8 Å². The normalized spacial score (nSPS) is 10.3. The molecule has 2 aromatic carbocycles. The molecule has 0 unspecified atom stereocenters. The van der Waals surface area contributed by atoms with Crippen LogP contribution < -0.4 is 15.4 Å². The molecule has 2 aromatic rings. The van der Waals surface area contributed by atoms with E-state index in [-0.39, 0.29) is 5.02 Å². The third kappa shape index (κ3) is 5.30. The fourth-order valence-corrected chi connectivity index (χ4v) is 2.26. The van der Waals surface area contributed by atoms with Gasteiger partial charge in [-0.1, -0.05) is 23.2 Å². The predicted molar refractivity (Wildman–Crippen MR) is 90.1 cm³/mol. The van der Waals surface area contributed by atoms with E-state index in [1.165, 1.54) is 18.2 Å². The van der Waals surface area contributed by atoms with Crippen LogP contribution in [0.1, 0.15) is 5.56 Å². The largest absolute Gasteiger partial charge is 0.491 e. The maximum Gasteiger partial charge on any atom is 0.319 e. The van der Waals surface area contributed by atoms with Gasteiger partial charge in [-0.15, -0.1) is 0 Å². The number of halogens is 3. The van der Waals surface area contributed by atoms with E-state index in [0.29, 0.717) is 29.6 Å². The molecule has 0 radical (unpaired) electrons. The second kappa shape index (κ2) is 8.04. The predicted octanol–water partition coefficient (Wildman–Crippen LogP) is 4.64. The summed E-state index contributed by atoms with van der Waals surface area (Å²) in [5.41, 5.74) is 1.33. The molecule has 0 aliphatic heterocycles. The van der Waals surface area contributed by atoms with E-state index in [9.17, 15) is 9.18 Å². The lowest BCUT2D eigenvalue weighted by Gasteiger charge is -2.11. The summed E-state index contributed by atoms with van der Waals surface area (Å²) in [6, 6.07) is 8.84. The number of amides is 2. The van der Waals surface area contributed by atoms with Crippen molar-refractivity contribution in [2.24, 2.45) is 0 Å². The topological polar surface area (TPSA) is 50.4 Å². The molecule has 0 aromatic heterocycles. The Morgan fingerprint density at radius 2 is 2.00 bits per heavy atom. The van der Waals surface area contributed by atoms with Crippen molar-refractivity contribution in [3.63, 3.8) is 0 Å². The molecule has 2 amide bonds. The zero-order valence-electron chi connectivity index (χ0n) is 12.3. The number of carbonyl (C=O) groups excluding carboxylic acids is 1. The summed E-state index contributed by atoms with van der Waals surface area (Å²) in [4.78, 5) is 11.7. The minimum atomic E-state index is -0.538. The molecule has 0 spiro atoms. The second-order valence-corrected chi connectivity index (χ2v) is 5.61. The van der Waals surface area contributed by atoms with Crippen LogP contribution in [0.15, 0.2) is 36.4 Å². The number of aryl methyl sites for hydroxylation is 1. The minimum Gasteiger partial charge on any atom is -0.491 e. The molecule has 2 N–H and O–H groups in total. The molecule has 23 heavy (non-hydrogen) atoms. The van der Waals surface area contributed by atoms with E-state index in [2.05, 4.69) is 10.6 Å².